The third kappa shape index (κ3) is 7.54. The number of aliphatic hydroxyl groups is 1. The lowest BCUT2D eigenvalue weighted by Crippen LogP contribution is -1.99. The van der Waals surface area contributed by atoms with Crippen molar-refractivity contribution in [2.24, 2.45) is 5.92 Å². The summed E-state index contributed by atoms with van der Waals surface area (Å²) in [4.78, 5) is 10.1. The third-order valence-corrected chi connectivity index (χ3v) is 1.96. The second kappa shape index (κ2) is 7.10. The molecule has 3 heteroatoms. The number of aliphatic hydroxyl groups excluding tert-OH is 1. The van der Waals surface area contributed by atoms with Crippen LogP contribution in [0, 0.1) is 5.92 Å². The van der Waals surface area contributed by atoms with E-state index in [1.165, 1.54) is 0 Å². The molecule has 0 aromatic rings. The molecule has 0 heterocycles. The molecule has 0 unspecified atom stereocenters. The van der Waals surface area contributed by atoms with Crippen molar-refractivity contribution in [2.45, 2.75) is 39.0 Å². The summed E-state index contributed by atoms with van der Waals surface area (Å²) in [5.41, 5.74) is 0. The predicted molar refractivity (Wildman–Crippen MR) is 47.0 cm³/mol. The van der Waals surface area contributed by atoms with Crippen LogP contribution in [0.2, 0.25) is 0 Å². The standard InChI is InChI=1S/C9H18O3/c1-8(6-7-10)4-2-3-5-9(11)12/h8,10H,2-7H2,1H3,(H,11,12)/t8-/m0/s1. The summed E-state index contributed by atoms with van der Waals surface area (Å²) >= 11 is 0. The Bertz CT molecular complexity index is 123. The second-order valence-electron chi connectivity index (χ2n) is 3.26. The van der Waals surface area contributed by atoms with E-state index in [4.69, 9.17) is 10.2 Å². The lowest BCUT2D eigenvalue weighted by Gasteiger charge is -2.07. The van der Waals surface area contributed by atoms with Crippen molar-refractivity contribution in [3.05, 3.63) is 0 Å². The van der Waals surface area contributed by atoms with Gasteiger partial charge in [0.05, 0.1) is 0 Å². The van der Waals surface area contributed by atoms with Crippen LogP contribution in [-0.4, -0.2) is 22.8 Å². The van der Waals surface area contributed by atoms with Gasteiger partial charge in [-0.25, -0.2) is 0 Å². The van der Waals surface area contributed by atoms with Crippen molar-refractivity contribution in [1.29, 1.82) is 0 Å². The summed E-state index contributed by atoms with van der Waals surface area (Å²) < 4.78 is 0. The summed E-state index contributed by atoms with van der Waals surface area (Å²) in [5, 5.41) is 16.9. The SMILES string of the molecule is C[C@H](CCO)CCCCC(=O)O. The van der Waals surface area contributed by atoms with Crippen LogP contribution in [0.25, 0.3) is 0 Å². The van der Waals surface area contributed by atoms with Gasteiger partial charge in [0.1, 0.15) is 0 Å². The molecule has 0 rings (SSSR count). The average Bonchev–Trinajstić information content (AvgIpc) is 1.98. The van der Waals surface area contributed by atoms with Gasteiger partial charge in [-0.1, -0.05) is 19.8 Å². The molecule has 0 aliphatic rings. The monoisotopic (exact) mass is 174 g/mol. The highest BCUT2D eigenvalue weighted by atomic mass is 16.4. The summed E-state index contributed by atoms with van der Waals surface area (Å²) in [6.07, 6.45) is 3.82. The minimum Gasteiger partial charge on any atom is -0.481 e. The minimum atomic E-state index is -0.718. The highest BCUT2D eigenvalue weighted by molar-refractivity contribution is 5.66. The number of carboxylic acids is 1. The highest BCUT2D eigenvalue weighted by Crippen LogP contribution is 2.11. The largest absolute Gasteiger partial charge is 0.481 e. The topological polar surface area (TPSA) is 57.5 Å². The molecule has 0 radical (unpaired) electrons. The van der Waals surface area contributed by atoms with Crippen LogP contribution in [0.1, 0.15) is 39.0 Å². The molecular formula is C9H18O3. The van der Waals surface area contributed by atoms with Crippen molar-refractivity contribution in [1.82, 2.24) is 0 Å². The molecule has 0 aromatic carbocycles. The maximum absolute atomic E-state index is 10.1. The van der Waals surface area contributed by atoms with Crippen LogP contribution in [0.4, 0.5) is 0 Å². The van der Waals surface area contributed by atoms with Gasteiger partial charge in [-0.2, -0.15) is 0 Å². The van der Waals surface area contributed by atoms with E-state index < -0.39 is 5.97 Å². The normalized spacial score (nSPS) is 12.8. The van der Waals surface area contributed by atoms with Gasteiger partial charge in [-0.3, -0.25) is 4.79 Å². The van der Waals surface area contributed by atoms with Gasteiger partial charge in [-0.15, -0.1) is 0 Å². The fourth-order valence-corrected chi connectivity index (χ4v) is 1.13. The number of aliphatic carboxylic acids is 1. The molecule has 1 atom stereocenters. The Balaban J connectivity index is 3.13. The minimum absolute atomic E-state index is 0.236. The molecule has 0 spiro atoms. The summed E-state index contributed by atoms with van der Waals surface area (Å²) in [5.74, 6) is -0.200. The molecule has 0 saturated carbocycles. The zero-order valence-corrected chi connectivity index (χ0v) is 7.62. The highest BCUT2D eigenvalue weighted by Gasteiger charge is 2.01. The Hall–Kier alpha value is -0.570. The zero-order chi connectivity index (χ0) is 9.40. The Morgan fingerprint density at radius 3 is 2.50 bits per heavy atom. The first-order valence-electron chi connectivity index (χ1n) is 4.49. The molecule has 72 valence electrons. The Morgan fingerprint density at radius 2 is 2.00 bits per heavy atom. The Kier molecular flexibility index (Phi) is 6.76. The van der Waals surface area contributed by atoms with Crippen molar-refractivity contribution in [3.8, 4) is 0 Å². The maximum atomic E-state index is 10.1. The fraction of sp³-hybridized carbons (Fsp3) is 0.889. The number of hydrogen-bond acceptors (Lipinski definition) is 2. The van der Waals surface area contributed by atoms with E-state index in [0.717, 1.165) is 25.7 Å². The first kappa shape index (κ1) is 11.4. The van der Waals surface area contributed by atoms with E-state index >= 15 is 0 Å². The molecule has 0 aliphatic carbocycles. The zero-order valence-electron chi connectivity index (χ0n) is 7.62. The molecule has 3 nitrogen and oxygen atoms in total. The van der Waals surface area contributed by atoms with E-state index in [1.807, 2.05) is 0 Å². The van der Waals surface area contributed by atoms with Crippen LogP contribution in [0.3, 0.4) is 0 Å². The molecule has 0 fully saturated rings. The molecule has 0 aliphatic heterocycles. The molecule has 12 heavy (non-hydrogen) atoms. The van der Waals surface area contributed by atoms with Crippen molar-refractivity contribution < 1.29 is 15.0 Å². The number of hydrogen-bond donors (Lipinski definition) is 2. The number of unbranched alkanes of at least 4 members (excludes halogenated alkanes) is 1. The molecule has 0 bridgehead atoms. The van der Waals surface area contributed by atoms with E-state index in [-0.39, 0.29) is 13.0 Å². The lowest BCUT2D eigenvalue weighted by molar-refractivity contribution is -0.137. The van der Waals surface area contributed by atoms with Crippen LogP contribution in [0.15, 0.2) is 0 Å². The molecular weight excluding hydrogens is 156 g/mol. The summed E-state index contributed by atoms with van der Waals surface area (Å²) in [6.45, 7) is 2.32. The van der Waals surface area contributed by atoms with Gasteiger partial charge in [-0.05, 0) is 18.8 Å². The van der Waals surface area contributed by atoms with E-state index in [9.17, 15) is 4.79 Å². The molecule has 0 amide bonds. The molecule has 2 N–H and O–H groups in total. The van der Waals surface area contributed by atoms with Crippen molar-refractivity contribution in [3.63, 3.8) is 0 Å². The fourth-order valence-electron chi connectivity index (χ4n) is 1.13. The van der Waals surface area contributed by atoms with Crippen LogP contribution in [0.5, 0.6) is 0 Å². The first-order chi connectivity index (χ1) is 5.66. The number of carbonyl (C=O) groups is 1. The smallest absolute Gasteiger partial charge is 0.303 e. The third-order valence-electron chi connectivity index (χ3n) is 1.96. The number of rotatable bonds is 7. The van der Waals surface area contributed by atoms with Gasteiger partial charge >= 0.3 is 5.97 Å². The quantitative estimate of drug-likeness (QED) is 0.577. The first-order valence-corrected chi connectivity index (χ1v) is 4.49. The maximum Gasteiger partial charge on any atom is 0.303 e. The Morgan fingerprint density at radius 1 is 1.33 bits per heavy atom. The van der Waals surface area contributed by atoms with Crippen molar-refractivity contribution >= 4 is 5.97 Å². The van der Waals surface area contributed by atoms with Crippen LogP contribution < -0.4 is 0 Å². The summed E-state index contributed by atoms with van der Waals surface area (Å²) in [7, 11) is 0. The predicted octanol–water partition coefficient (Wildman–Crippen LogP) is 1.65. The van der Waals surface area contributed by atoms with Crippen LogP contribution in [-0.2, 0) is 4.79 Å². The van der Waals surface area contributed by atoms with Crippen molar-refractivity contribution in [2.75, 3.05) is 6.61 Å². The number of carboxylic acid groups (broad SMARTS) is 1. The summed E-state index contributed by atoms with van der Waals surface area (Å²) in [6, 6.07) is 0. The Labute approximate surface area is 73.4 Å². The van der Waals surface area contributed by atoms with Gasteiger partial charge in [0.15, 0.2) is 0 Å². The molecule has 0 aromatic heterocycles. The van der Waals surface area contributed by atoms with Gasteiger partial charge in [0.25, 0.3) is 0 Å². The van der Waals surface area contributed by atoms with Gasteiger partial charge in [0.2, 0.25) is 0 Å². The second-order valence-corrected chi connectivity index (χ2v) is 3.26. The molecule has 0 saturated heterocycles. The van der Waals surface area contributed by atoms with Crippen LogP contribution >= 0.6 is 0 Å². The van der Waals surface area contributed by atoms with E-state index in [1.54, 1.807) is 0 Å². The van der Waals surface area contributed by atoms with Gasteiger partial charge in [0, 0.05) is 13.0 Å². The van der Waals surface area contributed by atoms with E-state index in [0.29, 0.717) is 5.92 Å². The van der Waals surface area contributed by atoms with E-state index in [2.05, 4.69) is 6.92 Å². The lowest BCUT2D eigenvalue weighted by atomic mass is 10.0. The average molecular weight is 174 g/mol. The van der Waals surface area contributed by atoms with Gasteiger partial charge < -0.3 is 10.2 Å².